The molecule has 1 aromatic rings. The van der Waals surface area contributed by atoms with Crippen molar-refractivity contribution in [1.29, 1.82) is 0 Å². The molecule has 1 saturated heterocycles. The van der Waals surface area contributed by atoms with Gasteiger partial charge in [-0.25, -0.2) is 9.11 Å². The first-order valence-corrected chi connectivity index (χ1v) is 11.6. The van der Waals surface area contributed by atoms with Gasteiger partial charge in [0, 0.05) is 27.7 Å². The van der Waals surface area contributed by atoms with Crippen molar-refractivity contribution in [2.75, 3.05) is 26.8 Å². The van der Waals surface area contributed by atoms with E-state index in [0.29, 0.717) is 18.3 Å². The molecular weight excluding hydrogens is 399 g/mol. The molecule has 2 aliphatic carbocycles. The molecule has 7 nitrogen and oxygen atoms in total. The number of carbonyl (C=O) groups is 1. The largest absolute Gasteiger partial charge is 0.493 e. The SMILES string of the molecule is COC1CN(S(=O)(=O)NC(=O)c2cc(C3CC3)c(OCC3CCCC3)cc2F)C1.[HH]. The molecule has 0 radical (unpaired) electrons. The predicted octanol–water partition coefficient (Wildman–Crippen LogP) is 2.82. The molecule has 1 aliphatic heterocycles. The number of benzene rings is 1. The number of carbonyl (C=O) groups excluding carboxylic acids is 1. The second kappa shape index (κ2) is 8.20. The minimum atomic E-state index is -4.02. The van der Waals surface area contributed by atoms with E-state index in [1.807, 2.05) is 4.72 Å². The lowest BCUT2D eigenvalue weighted by atomic mass is 10.0. The number of nitrogens with one attached hydrogen (secondary N) is 1. The Morgan fingerprint density at radius 1 is 1.24 bits per heavy atom. The molecular formula is C20H29FN2O5S. The van der Waals surface area contributed by atoms with E-state index in [9.17, 15) is 17.6 Å². The van der Waals surface area contributed by atoms with Crippen molar-refractivity contribution in [1.82, 2.24) is 9.03 Å². The number of halogens is 1. The number of hydrogen-bond donors (Lipinski definition) is 1. The fraction of sp³-hybridized carbons (Fsp3) is 0.650. The van der Waals surface area contributed by atoms with Crippen molar-refractivity contribution in [2.24, 2.45) is 5.92 Å². The Morgan fingerprint density at radius 2 is 1.93 bits per heavy atom. The summed E-state index contributed by atoms with van der Waals surface area (Å²) in [6.45, 7) is 0.889. The Bertz CT molecular complexity index is 881. The Kier molecular flexibility index (Phi) is 5.81. The number of methoxy groups -OCH3 is 1. The summed E-state index contributed by atoms with van der Waals surface area (Å²) >= 11 is 0. The van der Waals surface area contributed by atoms with E-state index in [-0.39, 0.29) is 32.1 Å². The van der Waals surface area contributed by atoms with E-state index >= 15 is 0 Å². The number of amides is 1. The first kappa shape index (κ1) is 20.6. The van der Waals surface area contributed by atoms with Crippen molar-refractivity contribution in [2.45, 2.75) is 50.5 Å². The highest BCUT2D eigenvalue weighted by Gasteiger charge is 2.37. The summed E-state index contributed by atoms with van der Waals surface area (Å²) in [5.41, 5.74) is 0.517. The monoisotopic (exact) mass is 428 g/mol. The maximum Gasteiger partial charge on any atom is 0.304 e. The molecule has 3 aliphatic rings. The van der Waals surface area contributed by atoms with E-state index in [1.54, 1.807) is 0 Å². The third kappa shape index (κ3) is 4.57. The van der Waals surface area contributed by atoms with Crippen molar-refractivity contribution >= 4 is 16.1 Å². The zero-order chi connectivity index (χ0) is 20.6. The van der Waals surface area contributed by atoms with Gasteiger partial charge in [-0.15, -0.1) is 0 Å². The van der Waals surface area contributed by atoms with Crippen LogP contribution in [0.2, 0.25) is 0 Å². The van der Waals surface area contributed by atoms with Gasteiger partial charge in [-0.3, -0.25) is 4.79 Å². The van der Waals surface area contributed by atoms with Crippen LogP contribution in [-0.2, 0) is 14.9 Å². The van der Waals surface area contributed by atoms with Crippen molar-refractivity contribution in [3.05, 3.63) is 29.1 Å². The third-order valence-corrected chi connectivity index (χ3v) is 7.44. The molecule has 29 heavy (non-hydrogen) atoms. The molecule has 0 atom stereocenters. The fourth-order valence-corrected chi connectivity index (χ4v) is 5.15. The molecule has 1 aromatic carbocycles. The van der Waals surface area contributed by atoms with Gasteiger partial charge < -0.3 is 9.47 Å². The number of rotatable bonds is 8. The normalized spacial score (nSPS) is 21.2. The molecule has 0 spiro atoms. The average Bonchev–Trinajstić information content (AvgIpc) is 3.33. The molecule has 1 amide bonds. The van der Waals surface area contributed by atoms with Crippen LogP contribution in [0.5, 0.6) is 5.75 Å². The summed E-state index contributed by atoms with van der Waals surface area (Å²) < 4.78 is 53.3. The van der Waals surface area contributed by atoms with Crippen LogP contribution in [0.15, 0.2) is 12.1 Å². The van der Waals surface area contributed by atoms with Gasteiger partial charge in [-0.1, -0.05) is 12.8 Å². The van der Waals surface area contributed by atoms with Crippen LogP contribution < -0.4 is 9.46 Å². The van der Waals surface area contributed by atoms with E-state index in [1.165, 1.54) is 32.1 Å². The molecule has 4 rings (SSSR count). The quantitative estimate of drug-likeness (QED) is 0.688. The van der Waals surface area contributed by atoms with E-state index in [0.717, 1.165) is 35.6 Å². The molecule has 1 heterocycles. The van der Waals surface area contributed by atoms with Crippen LogP contribution in [0.4, 0.5) is 4.39 Å². The van der Waals surface area contributed by atoms with Crippen molar-refractivity contribution < 1.29 is 28.5 Å². The lowest BCUT2D eigenvalue weighted by Gasteiger charge is -2.36. The van der Waals surface area contributed by atoms with Gasteiger partial charge in [0.15, 0.2) is 0 Å². The highest BCUT2D eigenvalue weighted by molar-refractivity contribution is 7.87. The summed E-state index contributed by atoms with van der Waals surface area (Å²) in [4.78, 5) is 12.5. The molecule has 1 N–H and O–H groups in total. The average molecular weight is 429 g/mol. The van der Waals surface area contributed by atoms with Crippen LogP contribution >= 0.6 is 0 Å². The van der Waals surface area contributed by atoms with Crippen molar-refractivity contribution in [3.8, 4) is 5.75 Å². The molecule has 2 saturated carbocycles. The second-order valence-electron chi connectivity index (χ2n) is 8.22. The zero-order valence-electron chi connectivity index (χ0n) is 16.5. The highest BCUT2D eigenvalue weighted by atomic mass is 32.2. The number of nitrogens with zero attached hydrogens (tertiary/aromatic N) is 1. The number of ether oxygens (including phenoxy) is 2. The zero-order valence-corrected chi connectivity index (χ0v) is 17.3. The summed E-state index contributed by atoms with van der Waals surface area (Å²) in [5.74, 6) is -0.544. The first-order valence-electron chi connectivity index (χ1n) is 10.2. The topological polar surface area (TPSA) is 84.9 Å². The van der Waals surface area contributed by atoms with Crippen LogP contribution in [-0.4, -0.2) is 51.5 Å². The molecule has 162 valence electrons. The van der Waals surface area contributed by atoms with Gasteiger partial charge in [-0.05, 0) is 49.1 Å². The van der Waals surface area contributed by atoms with Gasteiger partial charge in [0.1, 0.15) is 11.6 Å². The smallest absolute Gasteiger partial charge is 0.304 e. The third-order valence-electron chi connectivity index (χ3n) is 6.02. The minimum Gasteiger partial charge on any atom is -0.493 e. The van der Waals surface area contributed by atoms with Gasteiger partial charge in [0.2, 0.25) is 0 Å². The van der Waals surface area contributed by atoms with Crippen LogP contribution in [0.3, 0.4) is 0 Å². The molecule has 3 fully saturated rings. The predicted molar refractivity (Wildman–Crippen MR) is 107 cm³/mol. The Labute approximate surface area is 172 Å². The van der Waals surface area contributed by atoms with Crippen molar-refractivity contribution in [3.63, 3.8) is 0 Å². The number of hydrogen-bond acceptors (Lipinski definition) is 5. The molecule has 0 unspecified atom stereocenters. The van der Waals surface area contributed by atoms with E-state index in [4.69, 9.17) is 9.47 Å². The van der Waals surface area contributed by atoms with Gasteiger partial charge in [0.25, 0.3) is 5.91 Å². The summed E-state index contributed by atoms with van der Waals surface area (Å²) in [6.07, 6.45) is 6.38. The standard InChI is InChI=1S/C20H27FN2O5S.H2/c1-27-15-10-23(11-15)29(25,26)22-20(24)17-8-16(14-6-7-14)19(9-18(17)21)28-12-13-4-2-3-5-13;/h8-9,13-15H,2-7,10-12H2,1H3,(H,22,24);1H. The van der Waals surface area contributed by atoms with Gasteiger partial charge in [0.05, 0.1) is 18.3 Å². The van der Waals surface area contributed by atoms with Gasteiger partial charge in [-0.2, -0.15) is 12.7 Å². The van der Waals surface area contributed by atoms with Crippen LogP contribution in [0, 0.1) is 11.7 Å². The molecule has 0 aromatic heterocycles. The Hall–Kier alpha value is -1.71. The summed E-state index contributed by atoms with van der Waals surface area (Å²) in [7, 11) is -2.53. The summed E-state index contributed by atoms with van der Waals surface area (Å²) in [6, 6.07) is 2.69. The minimum absolute atomic E-state index is 0. The maximum atomic E-state index is 14.7. The Morgan fingerprint density at radius 3 is 2.55 bits per heavy atom. The summed E-state index contributed by atoms with van der Waals surface area (Å²) in [5, 5.41) is 0. The highest BCUT2D eigenvalue weighted by Crippen LogP contribution is 2.45. The van der Waals surface area contributed by atoms with Gasteiger partial charge >= 0.3 is 10.2 Å². The molecule has 0 bridgehead atoms. The molecule has 9 heteroatoms. The second-order valence-corrected chi connectivity index (χ2v) is 9.89. The van der Waals surface area contributed by atoms with E-state index in [2.05, 4.69) is 0 Å². The van der Waals surface area contributed by atoms with Crippen LogP contribution in [0.25, 0.3) is 0 Å². The van der Waals surface area contributed by atoms with Crippen LogP contribution in [0.1, 0.15) is 61.8 Å². The maximum absolute atomic E-state index is 14.7. The Balaban J connectivity index is 0.00000256. The lowest BCUT2D eigenvalue weighted by Crippen LogP contribution is -2.58. The lowest BCUT2D eigenvalue weighted by molar-refractivity contribution is 0.0119. The first-order chi connectivity index (χ1) is 13.9. The van der Waals surface area contributed by atoms with E-state index < -0.39 is 21.9 Å². The fourth-order valence-electron chi connectivity index (χ4n) is 3.95.